The van der Waals surface area contributed by atoms with E-state index in [1.165, 1.54) is 0 Å². The van der Waals surface area contributed by atoms with Crippen molar-refractivity contribution >= 4 is 11.8 Å². The Labute approximate surface area is 77.5 Å². The van der Waals surface area contributed by atoms with Gasteiger partial charge in [-0.25, -0.2) is 0 Å². The number of aliphatic hydroxyl groups excluding tert-OH is 1. The molecule has 0 aromatic rings. The van der Waals surface area contributed by atoms with Crippen LogP contribution in [-0.4, -0.2) is 35.0 Å². The zero-order valence-corrected chi connectivity index (χ0v) is 7.99. The molecule has 0 aromatic heterocycles. The van der Waals surface area contributed by atoms with Crippen LogP contribution in [0.4, 0.5) is 0 Å². The van der Waals surface area contributed by atoms with E-state index in [0.29, 0.717) is 6.42 Å². The molecule has 0 aromatic carbocycles. The van der Waals surface area contributed by atoms with Crippen LogP contribution in [0.5, 0.6) is 0 Å². The van der Waals surface area contributed by atoms with E-state index in [0.717, 1.165) is 4.90 Å². The minimum atomic E-state index is -0.181. The van der Waals surface area contributed by atoms with Gasteiger partial charge in [0.05, 0.1) is 13.2 Å². The predicted molar refractivity (Wildman–Crippen MR) is 46.8 cm³/mol. The van der Waals surface area contributed by atoms with Gasteiger partial charge >= 0.3 is 0 Å². The van der Waals surface area contributed by atoms with Gasteiger partial charge in [0.2, 0.25) is 11.8 Å². The molecular formula is C9H15NO3. The predicted octanol–water partition coefficient (Wildman–Crippen LogP) is 0.00980. The Kier molecular flexibility index (Phi) is 3.03. The number of amides is 2. The number of imide groups is 1. The van der Waals surface area contributed by atoms with Crippen molar-refractivity contribution in [2.24, 2.45) is 11.8 Å². The average molecular weight is 185 g/mol. The minimum Gasteiger partial charge on any atom is -0.395 e. The number of hydrogen-bond donors (Lipinski definition) is 1. The third-order valence-corrected chi connectivity index (χ3v) is 2.41. The molecule has 0 aliphatic carbocycles. The highest BCUT2D eigenvalue weighted by atomic mass is 16.3. The van der Waals surface area contributed by atoms with Crippen molar-refractivity contribution in [1.29, 1.82) is 0 Å². The van der Waals surface area contributed by atoms with E-state index in [1.54, 1.807) is 0 Å². The SMILES string of the molecule is CC(C)C1CC(=O)N(CCO)C1=O. The summed E-state index contributed by atoms with van der Waals surface area (Å²) < 4.78 is 0. The average Bonchev–Trinajstić information content (AvgIpc) is 2.32. The molecule has 1 rings (SSSR count). The fourth-order valence-electron chi connectivity index (χ4n) is 1.56. The van der Waals surface area contributed by atoms with Crippen molar-refractivity contribution in [3.63, 3.8) is 0 Å². The summed E-state index contributed by atoms with van der Waals surface area (Å²) >= 11 is 0. The first kappa shape index (κ1) is 10.2. The van der Waals surface area contributed by atoms with Crippen LogP contribution < -0.4 is 0 Å². The van der Waals surface area contributed by atoms with E-state index in [-0.39, 0.29) is 36.8 Å². The van der Waals surface area contributed by atoms with Crippen LogP contribution in [0, 0.1) is 11.8 Å². The third kappa shape index (κ3) is 1.88. The highest BCUT2D eigenvalue weighted by Crippen LogP contribution is 2.25. The number of hydrogen-bond acceptors (Lipinski definition) is 3. The molecule has 2 amide bonds. The molecule has 0 spiro atoms. The smallest absolute Gasteiger partial charge is 0.233 e. The highest BCUT2D eigenvalue weighted by Gasteiger charge is 2.39. The van der Waals surface area contributed by atoms with E-state index in [2.05, 4.69) is 0 Å². The maximum absolute atomic E-state index is 11.5. The van der Waals surface area contributed by atoms with Crippen LogP contribution >= 0.6 is 0 Å². The van der Waals surface area contributed by atoms with Gasteiger partial charge in [-0.1, -0.05) is 13.8 Å². The van der Waals surface area contributed by atoms with Crippen LogP contribution in [0.15, 0.2) is 0 Å². The molecule has 4 nitrogen and oxygen atoms in total. The summed E-state index contributed by atoms with van der Waals surface area (Å²) in [7, 11) is 0. The summed E-state index contributed by atoms with van der Waals surface area (Å²) in [6.45, 7) is 3.85. The summed E-state index contributed by atoms with van der Waals surface area (Å²) in [5.41, 5.74) is 0. The second-order valence-electron chi connectivity index (χ2n) is 3.66. The van der Waals surface area contributed by atoms with Crippen LogP contribution in [0.3, 0.4) is 0 Å². The van der Waals surface area contributed by atoms with Crippen molar-refractivity contribution < 1.29 is 14.7 Å². The van der Waals surface area contributed by atoms with Crippen molar-refractivity contribution in [3.05, 3.63) is 0 Å². The summed E-state index contributed by atoms with van der Waals surface area (Å²) in [5, 5.41) is 8.64. The number of nitrogens with zero attached hydrogens (tertiary/aromatic N) is 1. The Morgan fingerprint density at radius 1 is 1.54 bits per heavy atom. The molecule has 0 radical (unpaired) electrons. The van der Waals surface area contributed by atoms with E-state index < -0.39 is 0 Å². The summed E-state index contributed by atoms with van der Waals surface area (Å²) in [5.74, 6) is -0.272. The van der Waals surface area contributed by atoms with Crippen molar-refractivity contribution in [1.82, 2.24) is 4.90 Å². The Hall–Kier alpha value is -0.900. The molecule has 1 heterocycles. The van der Waals surface area contributed by atoms with Gasteiger partial charge in [0.1, 0.15) is 0 Å². The van der Waals surface area contributed by atoms with Gasteiger partial charge in [0.25, 0.3) is 0 Å². The molecule has 0 bridgehead atoms. The standard InChI is InChI=1S/C9H15NO3/c1-6(2)7-5-8(12)10(3-4-11)9(7)13/h6-7,11H,3-5H2,1-2H3. The lowest BCUT2D eigenvalue weighted by Crippen LogP contribution is -2.33. The number of β-amino-alcohol motifs (C(OH)–C–C–N with tert-alkyl or cyclic N) is 1. The molecule has 1 unspecified atom stereocenters. The lowest BCUT2D eigenvalue weighted by molar-refractivity contribution is -0.140. The Morgan fingerprint density at radius 2 is 2.15 bits per heavy atom. The maximum atomic E-state index is 11.5. The molecule has 4 heteroatoms. The number of carbonyl (C=O) groups is 2. The third-order valence-electron chi connectivity index (χ3n) is 2.41. The van der Waals surface area contributed by atoms with Crippen LogP contribution in [0.25, 0.3) is 0 Å². The molecule has 1 N–H and O–H groups in total. The fourth-order valence-corrected chi connectivity index (χ4v) is 1.56. The van der Waals surface area contributed by atoms with Crippen LogP contribution in [0.1, 0.15) is 20.3 Å². The highest BCUT2D eigenvalue weighted by molar-refractivity contribution is 6.03. The second kappa shape index (κ2) is 3.87. The summed E-state index contributed by atoms with van der Waals surface area (Å²) in [6, 6.07) is 0. The first-order chi connectivity index (χ1) is 6.07. The molecule has 1 aliphatic heterocycles. The number of rotatable bonds is 3. The van der Waals surface area contributed by atoms with Crippen LogP contribution in [-0.2, 0) is 9.59 Å². The van der Waals surface area contributed by atoms with Gasteiger partial charge in [-0.05, 0) is 5.92 Å². The van der Waals surface area contributed by atoms with Gasteiger partial charge in [0.15, 0.2) is 0 Å². The van der Waals surface area contributed by atoms with E-state index >= 15 is 0 Å². The van der Waals surface area contributed by atoms with Crippen molar-refractivity contribution in [2.45, 2.75) is 20.3 Å². The van der Waals surface area contributed by atoms with Crippen molar-refractivity contribution in [3.8, 4) is 0 Å². The fraction of sp³-hybridized carbons (Fsp3) is 0.778. The van der Waals surface area contributed by atoms with Gasteiger partial charge in [0, 0.05) is 12.3 Å². The number of aliphatic hydroxyl groups is 1. The molecule has 13 heavy (non-hydrogen) atoms. The van der Waals surface area contributed by atoms with E-state index in [1.807, 2.05) is 13.8 Å². The molecule has 1 aliphatic rings. The van der Waals surface area contributed by atoms with Gasteiger partial charge in [-0.15, -0.1) is 0 Å². The van der Waals surface area contributed by atoms with Crippen LogP contribution in [0.2, 0.25) is 0 Å². The van der Waals surface area contributed by atoms with Gasteiger partial charge in [-0.3, -0.25) is 14.5 Å². The Balaban J connectivity index is 2.69. The van der Waals surface area contributed by atoms with E-state index in [9.17, 15) is 9.59 Å². The molecule has 74 valence electrons. The minimum absolute atomic E-state index is 0.131. The zero-order valence-electron chi connectivity index (χ0n) is 7.99. The first-order valence-corrected chi connectivity index (χ1v) is 4.53. The normalized spacial score (nSPS) is 23.4. The van der Waals surface area contributed by atoms with E-state index in [4.69, 9.17) is 5.11 Å². The lowest BCUT2D eigenvalue weighted by atomic mass is 9.94. The molecule has 1 fully saturated rings. The van der Waals surface area contributed by atoms with Crippen molar-refractivity contribution in [2.75, 3.05) is 13.2 Å². The monoisotopic (exact) mass is 185 g/mol. The molecule has 1 atom stereocenters. The zero-order chi connectivity index (χ0) is 10.0. The second-order valence-corrected chi connectivity index (χ2v) is 3.66. The van der Waals surface area contributed by atoms with Gasteiger partial charge in [-0.2, -0.15) is 0 Å². The number of carbonyl (C=O) groups excluding carboxylic acids is 2. The quantitative estimate of drug-likeness (QED) is 0.630. The Morgan fingerprint density at radius 3 is 2.54 bits per heavy atom. The largest absolute Gasteiger partial charge is 0.395 e. The molecule has 0 saturated carbocycles. The topological polar surface area (TPSA) is 57.6 Å². The first-order valence-electron chi connectivity index (χ1n) is 4.53. The summed E-state index contributed by atoms with van der Waals surface area (Å²) in [4.78, 5) is 24.0. The maximum Gasteiger partial charge on any atom is 0.233 e. The summed E-state index contributed by atoms with van der Waals surface area (Å²) in [6.07, 6.45) is 0.302. The Bertz CT molecular complexity index is 225. The number of likely N-dealkylation sites (tertiary alicyclic amines) is 1. The lowest BCUT2D eigenvalue weighted by Gasteiger charge is -2.14. The molecular weight excluding hydrogens is 170 g/mol. The molecule has 1 saturated heterocycles. The van der Waals surface area contributed by atoms with Gasteiger partial charge < -0.3 is 5.11 Å².